The molecule has 4 rings (SSSR count). The Morgan fingerprint density at radius 3 is 2.38 bits per heavy atom. The molecule has 1 saturated heterocycles. The van der Waals surface area contributed by atoms with Crippen molar-refractivity contribution in [3.05, 3.63) is 76.3 Å². The van der Waals surface area contributed by atoms with Gasteiger partial charge >= 0.3 is 5.97 Å². The van der Waals surface area contributed by atoms with Crippen molar-refractivity contribution in [2.75, 3.05) is 5.01 Å². The van der Waals surface area contributed by atoms with Crippen molar-refractivity contribution in [2.45, 2.75) is 51.8 Å². The number of ether oxygens (including phenoxy) is 1. The number of carbonyl (C=O) groups is 1. The lowest BCUT2D eigenvalue weighted by Gasteiger charge is -2.18. The van der Waals surface area contributed by atoms with Crippen LogP contribution in [0.15, 0.2) is 59.4 Å². The van der Waals surface area contributed by atoms with Gasteiger partial charge in [0.15, 0.2) is 6.04 Å². The maximum atomic E-state index is 13.2. The number of para-hydroxylation sites is 1. The van der Waals surface area contributed by atoms with E-state index < -0.39 is 6.04 Å². The Balaban J connectivity index is 1.65. The topological polar surface area (TPSA) is 64.2 Å². The Morgan fingerprint density at radius 2 is 1.69 bits per heavy atom. The van der Waals surface area contributed by atoms with E-state index in [4.69, 9.17) is 9.72 Å². The zero-order chi connectivity index (χ0) is 20.7. The summed E-state index contributed by atoms with van der Waals surface area (Å²) in [5.74, 6) is 0.343. The Morgan fingerprint density at radius 1 is 1.03 bits per heavy atom. The molecule has 6 heteroatoms. The van der Waals surface area contributed by atoms with Gasteiger partial charge in [0.1, 0.15) is 11.9 Å². The minimum atomic E-state index is -0.501. The number of carbonyl (C=O) groups excluding carboxylic acids is 1. The van der Waals surface area contributed by atoms with E-state index in [1.54, 1.807) is 15.8 Å². The van der Waals surface area contributed by atoms with Crippen molar-refractivity contribution in [1.82, 2.24) is 9.66 Å². The van der Waals surface area contributed by atoms with Crippen molar-refractivity contribution in [3.63, 3.8) is 0 Å². The van der Waals surface area contributed by atoms with Gasteiger partial charge in [-0.3, -0.25) is 9.80 Å². The van der Waals surface area contributed by atoms with E-state index in [1.807, 2.05) is 76.2 Å². The minimum absolute atomic E-state index is 0.0278. The van der Waals surface area contributed by atoms with E-state index in [0.717, 1.165) is 5.56 Å². The Labute approximate surface area is 169 Å². The van der Waals surface area contributed by atoms with Gasteiger partial charge in [0.25, 0.3) is 5.56 Å². The first-order valence-corrected chi connectivity index (χ1v) is 9.96. The van der Waals surface area contributed by atoms with Gasteiger partial charge in [-0.25, -0.2) is 14.5 Å². The molecule has 3 atom stereocenters. The monoisotopic (exact) mass is 391 g/mol. The summed E-state index contributed by atoms with van der Waals surface area (Å²) < 4.78 is 7.26. The van der Waals surface area contributed by atoms with E-state index in [0.29, 0.717) is 16.7 Å². The number of fused-ring (bicyclic) bond motifs is 1. The highest BCUT2D eigenvalue weighted by Crippen LogP contribution is 2.30. The number of hydrogen-bond donors (Lipinski definition) is 0. The minimum Gasteiger partial charge on any atom is -0.456 e. The molecule has 3 aromatic rings. The summed E-state index contributed by atoms with van der Waals surface area (Å²) in [6.07, 6.45) is -0.352. The van der Waals surface area contributed by atoms with Gasteiger partial charge in [0.05, 0.1) is 16.9 Å². The van der Waals surface area contributed by atoms with E-state index in [2.05, 4.69) is 0 Å². The summed E-state index contributed by atoms with van der Waals surface area (Å²) in [6.45, 7) is 7.76. The average molecular weight is 391 g/mol. The Kier molecular flexibility index (Phi) is 4.86. The van der Waals surface area contributed by atoms with Crippen molar-refractivity contribution in [1.29, 1.82) is 0 Å². The third-order valence-electron chi connectivity index (χ3n) is 5.40. The SMILES string of the molecule is CC(C)c1nc2ccccc2c(=O)n1N1[C@@H](C)[C@@H]1C(=O)O[C@H](C)c1ccccc1. The zero-order valence-electron chi connectivity index (χ0n) is 17.1. The standard InChI is InChI=1S/C23H25N3O3/c1-14(2)21-24-19-13-9-8-12-18(19)22(27)26(21)25-15(3)20(25)23(28)29-16(4)17-10-6-5-7-11-17/h5-16,20H,1-4H3/t15-,16+,20+,25?/m0/s1. The fourth-order valence-electron chi connectivity index (χ4n) is 3.72. The van der Waals surface area contributed by atoms with Gasteiger partial charge in [-0.2, -0.15) is 0 Å². The first-order valence-electron chi connectivity index (χ1n) is 9.96. The maximum Gasteiger partial charge on any atom is 0.333 e. The lowest BCUT2D eigenvalue weighted by atomic mass is 10.1. The quantitative estimate of drug-likeness (QED) is 0.492. The van der Waals surface area contributed by atoms with Crippen molar-refractivity contribution in [3.8, 4) is 0 Å². The van der Waals surface area contributed by atoms with Gasteiger partial charge in [0, 0.05) is 5.92 Å². The first kappa shape index (κ1) is 19.2. The molecule has 150 valence electrons. The second-order valence-corrected chi connectivity index (χ2v) is 7.81. The van der Waals surface area contributed by atoms with Crippen LogP contribution in [0.3, 0.4) is 0 Å². The number of esters is 1. The molecule has 0 spiro atoms. The summed E-state index contributed by atoms with van der Waals surface area (Å²) in [6, 6.07) is 16.3. The number of rotatable bonds is 5. The molecule has 2 aromatic carbocycles. The zero-order valence-corrected chi connectivity index (χ0v) is 17.1. The smallest absolute Gasteiger partial charge is 0.333 e. The number of benzene rings is 2. The van der Waals surface area contributed by atoms with Crippen LogP contribution >= 0.6 is 0 Å². The van der Waals surface area contributed by atoms with E-state index in [-0.39, 0.29) is 29.6 Å². The second-order valence-electron chi connectivity index (χ2n) is 7.81. The number of hydrogen-bond acceptors (Lipinski definition) is 5. The molecule has 0 aliphatic carbocycles. The van der Waals surface area contributed by atoms with Crippen LogP contribution in [0.5, 0.6) is 0 Å². The summed E-state index contributed by atoms with van der Waals surface area (Å²) >= 11 is 0. The number of nitrogens with zero attached hydrogens (tertiary/aromatic N) is 3. The van der Waals surface area contributed by atoms with Crippen LogP contribution in [-0.4, -0.2) is 27.7 Å². The fraction of sp³-hybridized carbons (Fsp3) is 0.348. The van der Waals surface area contributed by atoms with Crippen LogP contribution in [0.2, 0.25) is 0 Å². The predicted molar refractivity (Wildman–Crippen MR) is 113 cm³/mol. The largest absolute Gasteiger partial charge is 0.456 e. The van der Waals surface area contributed by atoms with Gasteiger partial charge in [0.2, 0.25) is 0 Å². The van der Waals surface area contributed by atoms with Gasteiger partial charge in [-0.1, -0.05) is 56.3 Å². The molecular weight excluding hydrogens is 366 g/mol. The van der Waals surface area contributed by atoms with Crippen LogP contribution in [0.1, 0.15) is 51.1 Å². The van der Waals surface area contributed by atoms with Gasteiger partial charge < -0.3 is 4.74 Å². The third-order valence-corrected chi connectivity index (χ3v) is 5.40. The highest BCUT2D eigenvalue weighted by Gasteiger charge is 2.53. The van der Waals surface area contributed by atoms with Crippen LogP contribution in [0, 0.1) is 0 Å². The molecule has 0 amide bonds. The van der Waals surface area contributed by atoms with Crippen LogP contribution in [-0.2, 0) is 9.53 Å². The normalized spacial score (nSPS) is 19.4. The third kappa shape index (κ3) is 3.39. The molecule has 1 aliphatic rings. The van der Waals surface area contributed by atoms with Crippen LogP contribution < -0.4 is 10.6 Å². The number of aromatic nitrogens is 2. The second kappa shape index (κ2) is 7.35. The van der Waals surface area contributed by atoms with E-state index in [9.17, 15) is 9.59 Å². The highest BCUT2D eigenvalue weighted by atomic mass is 16.5. The molecular formula is C23H25N3O3. The molecule has 1 aliphatic heterocycles. The van der Waals surface area contributed by atoms with Crippen molar-refractivity contribution >= 4 is 16.9 Å². The molecule has 1 fully saturated rings. The maximum absolute atomic E-state index is 13.2. The Bertz CT molecular complexity index is 1110. The molecule has 0 bridgehead atoms. The fourth-order valence-corrected chi connectivity index (χ4v) is 3.72. The summed E-state index contributed by atoms with van der Waals surface area (Å²) in [7, 11) is 0. The lowest BCUT2D eigenvalue weighted by Crippen LogP contribution is -2.36. The summed E-state index contributed by atoms with van der Waals surface area (Å²) in [5.41, 5.74) is 1.45. The van der Waals surface area contributed by atoms with Gasteiger partial charge in [-0.05, 0) is 31.5 Å². The average Bonchev–Trinajstić information content (AvgIpc) is 3.38. The Hall–Kier alpha value is -3.15. The summed E-state index contributed by atoms with van der Waals surface area (Å²) in [4.78, 5) is 30.8. The first-order chi connectivity index (χ1) is 13.9. The lowest BCUT2D eigenvalue weighted by molar-refractivity contribution is -0.147. The van der Waals surface area contributed by atoms with E-state index in [1.165, 1.54) is 0 Å². The predicted octanol–water partition coefficient (Wildman–Crippen LogP) is 3.53. The molecule has 0 saturated carbocycles. The molecule has 6 nitrogen and oxygen atoms in total. The van der Waals surface area contributed by atoms with Crippen LogP contribution in [0.25, 0.3) is 10.9 Å². The van der Waals surface area contributed by atoms with Gasteiger partial charge in [-0.15, -0.1) is 0 Å². The molecule has 1 aromatic heterocycles. The molecule has 0 radical (unpaired) electrons. The highest BCUT2D eigenvalue weighted by molar-refractivity contribution is 5.85. The van der Waals surface area contributed by atoms with Crippen LogP contribution in [0.4, 0.5) is 0 Å². The van der Waals surface area contributed by atoms with E-state index >= 15 is 0 Å². The molecule has 0 unspecified atom stereocenters. The van der Waals surface area contributed by atoms with Crippen molar-refractivity contribution < 1.29 is 9.53 Å². The summed E-state index contributed by atoms with van der Waals surface area (Å²) in [5, 5.41) is 2.32. The molecule has 29 heavy (non-hydrogen) atoms. The van der Waals surface area contributed by atoms with Crippen molar-refractivity contribution in [2.24, 2.45) is 0 Å². The molecule has 0 N–H and O–H groups in total. The molecule has 2 heterocycles.